The Bertz CT molecular complexity index is 1180. The van der Waals surface area contributed by atoms with Gasteiger partial charge < -0.3 is 4.90 Å². The van der Waals surface area contributed by atoms with E-state index in [-0.39, 0.29) is 0 Å². The number of para-hydroxylation sites is 1. The van der Waals surface area contributed by atoms with Crippen LogP contribution in [0.5, 0.6) is 0 Å². The number of benzene rings is 4. The largest absolute Gasteiger partial charge is 0.309 e. The van der Waals surface area contributed by atoms with Gasteiger partial charge in [-0.05, 0) is 60.0 Å². The normalized spacial score (nSPS) is 12.8. The summed E-state index contributed by atoms with van der Waals surface area (Å²) in [6.45, 7) is 2.20. The zero-order chi connectivity index (χ0) is 18.9. The molecule has 0 spiro atoms. The predicted octanol–water partition coefficient (Wildman–Crippen LogP) is 7.58. The molecule has 0 saturated heterocycles. The van der Waals surface area contributed by atoms with E-state index in [4.69, 9.17) is 0 Å². The lowest BCUT2D eigenvalue weighted by molar-refractivity contribution is 0.979. The lowest BCUT2D eigenvalue weighted by Crippen LogP contribution is -2.15. The van der Waals surface area contributed by atoms with E-state index < -0.39 is 0 Å². The third-order valence-corrected chi connectivity index (χ3v) is 5.65. The Kier molecular flexibility index (Phi) is 4.21. The molecule has 0 aliphatic heterocycles. The van der Waals surface area contributed by atoms with Crippen LogP contribution >= 0.6 is 0 Å². The summed E-state index contributed by atoms with van der Waals surface area (Å²) in [4.78, 5) is 2.45. The van der Waals surface area contributed by atoms with Crippen LogP contribution in [0.1, 0.15) is 23.1 Å². The number of aryl methyl sites for hydroxylation is 1. The van der Waals surface area contributed by atoms with Crippen LogP contribution in [0.25, 0.3) is 16.8 Å². The molecule has 4 aromatic rings. The molecule has 28 heavy (non-hydrogen) atoms. The van der Waals surface area contributed by atoms with Gasteiger partial charge in [-0.2, -0.15) is 0 Å². The van der Waals surface area contributed by atoms with E-state index in [0.717, 1.165) is 12.8 Å². The molecule has 1 aliphatic rings. The molecular formula is C27H23N. The van der Waals surface area contributed by atoms with Gasteiger partial charge in [-0.1, -0.05) is 78.9 Å². The lowest BCUT2D eigenvalue weighted by atomic mass is 9.94. The van der Waals surface area contributed by atoms with Gasteiger partial charge in [0.05, 0.1) is 5.69 Å². The van der Waals surface area contributed by atoms with Crippen molar-refractivity contribution in [2.75, 3.05) is 4.90 Å². The van der Waals surface area contributed by atoms with E-state index in [1.54, 1.807) is 0 Å². The van der Waals surface area contributed by atoms with E-state index in [1.165, 1.54) is 44.5 Å². The average molecular weight is 361 g/mol. The highest BCUT2D eigenvalue weighted by Gasteiger charge is 2.21. The van der Waals surface area contributed by atoms with Crippen LogP contribution in [0.15, 0.2) is 91.0 Å². The molecule has 0 N–H and O–H groups in total. The predicted molar refractivity (Wildman–Crippen MR) is 121 cm³/mol. The second-order valence-electron chi connectivity index (χ2n) is 7.41. The van der Waals surface area contributed by atoms with E-state index in [2.05, 4.69) is 109 Å². The van der Waals surface area contributed by atoms with E-state index in [9.17, 15) is 0 Å². The Labute approximate surface area is 166 Å². The Morgan fingerprint density at radius 2 is 1.39 bits per heavy atom. The van der Waals surface area contributed by atoms with Crippen molar-refractivity contribution in [2.45, 2.75) is 19.8 Å². The second-order valence-corrected chi connectivity index (χ2v) is 7.41. The first-order valence-electron chi connectivity index (χ1n) is 9.95. The standard InChI is InChI=1S/C27H23N/c1-20-10-2-7-17-25(20)28(26-18-8-13-21-11-3-5-15-23(21)26)27-19-9-14-22-12-4-6-16-24(22)27/h2-5,7-15,17-19H,6,16H2,1H3. The van der Waals surface area contributed by atoms with Gasteiger partial charge in [0.25, 0.3) is 0 Å². The third kappa shape index (κ3) is 2.80. The number of allylic oxidation sites excluding steroid dienone is 1. The Hall–Kier alpha value is -3.32. The van der Waals surface area contributed by atoms with Gasteiger partial charge in [0.1, 0.15) is 0 Å². The molecule has 0 radical (unpaired) electrons. The molecule has 1 heteroatoms. The summed E-state index contributed by atoms with van der Waals surface area (Å²) in [5.74, 6) is 0. The van der Waals surface area contributed by atoms with Gasteiger partial charge in [0, 0.05) is 16.8 Å². The first-order chi connectivity index (χ1) is 13.8. The Balaban J connectivity index is 1.83. The maximum Gasteiger partial charge on any atom is 0.0540 e. The zero-order valence-corrected chi connectivity index (χ0v) is 16.1. The molecule has 0 aromatic heterocycles. The highest BCUT2D eigenvalue weighted by Crippen LogP contribution is 2.43. The van der Waals surface area contributed by atoms with Crippen molar-refractivity contribution in [1.29, 1.82) is 0 Å². The fourth-order valence-electron chi connectivity index (χ4n) is 4.27. The fraction of sp³-hybridized carbons (Fsp3) is 0.111. The molecular weight excluding hydrogens is 338 g/mol. The molecule has 4 aromatic carbocycles. The van der Waals surface area contributed by atoms with E-state index in [0.29, 0.717) is 0 Å². The first-order valence-corrected chi connectivity index (χ1v) is 9.95. The minimum absolute atomic E-state index is 1.08. The summed E-state index contributed by atoms with van der Waals surface area (Å²) in [5.41, 5.74) is 7.80. The molecule has 1 nitrogen and oxygen atoms in total. The summed E-state index contributed by atoms with van der Waals surface area (Å²) < 4.78 is 0. The van der Waals surface area contributed by atoms with Crippen LogP contribution in [0, 0.1) is 6.92 Å². The molecule has 0 heterocycles. The second kappa shape index (κ2) is 7.01. The number of nitrogens with zero attached hydrogens (tertiary/aromatic N) is 1. The number of anilines is 3. The first kappa shape index (κ1) is 16.8. The summed E-state index contributed by atoms with van der Waals surface area (Å²) >= 11 is 0. The average Bonchev–Trinajstić information content (AvgIpc) is 2.75. The van der Waals surface area contributed by atoms with Crippen molar-refractivity contribution in [3.63, 3.8) is 0 Å². The number of fused-ring (bicyclic) bond motifs is 2. The van der Waals surface area contributed by atoms with Crippen molar-refractivity contribution in [1.82, 2.24) is 0 Å². The summed E-state index contributed by atoms with van der Waals surface area (Å²) in [5, 5.41) is 2.54. The van der Waals surface area contributed by atoms with Gasteiger partial charge in [0.15, 0.2) is 0 Å². The molecule has 0 unspecified atom stereocenters. The van der Waals surface area contributed by atoms with E-state index in [1.807, 2.05) is 0 Å². The highest BCUT2D eigenvalue weighted by molar-refractivity contribution is 5.99. The minimum atomic E-state index is 1.08. The van der Waals surface area contributed by atoms with Crippen molar-refractivity contribution >= 4 is 33.9 Å². The minimum Gasteiger partial charge on any atom is -0.309 e. The highest BCUT2D eigenvalue weighted by atomic mass is 15.1. The molecule has 5 rings (SSSR count). The van der Waals surface area contributed by atoms with Gasteiger partial charge in [0.2, 0.25) is 0 Å². The maximum absolute atomic E-state index is 2.45. The van der Waals surface area contributed by atoms with Gasteiger partial charge in [-0.25, -0.2) is 0 Å². The van der Waals surface area contributed by atoms with Crippen molar-refractivity contribution in [2.24, 2.45) is 0 Å². The summed E-state index contributed by atoms with van der Waals surface area (Å²) in [7, 11) is 0. The lowest BCUT2D eigenvalue weighted by Gasteiger charge is -2.31. The topological polar surface area (TPSA) is 3.24 Å². The Morgan fingerprint density at radius 3 is 2.32 bits per heavy atom. The van der Waals surface area contributed by atoms with Crippen LogP contribution in [-0.2, 0) is 6.42 Å². The molecule has 0 atom stereocenters. The van der Waals surface area contributed by atoms with Crippen molar-refractivity contribution in [3.8, 4) is 0 Å². The van der Waals surface area contributed by atoms with Crippen molar-refractivity contribution in [3.05, 3.63) is 108 Å². The SMILES string of the molecule is Cc1ccccc1N(c1cccc2c1CCC=C2)c1cccc2ccccc12. The molecule has 136 valence electrons. The summed E-state index contributed by atoms with van der Waals surface area (Å²) in [6.07, 6.45) is 6.72. The monoisotopic (exact) mass is 361 g/mol. The van der Waals surface area contributed by atoms with Gasteiger partial charge in [-0.15, -0.1) is 0 Å². The van der Waals surface area contributed by atoms with Crippen LogP contribution in [0.4, 0.5) is 17.1 Å². The summed E-state index contributed by atoms with van der Waals surface area (Å²) in [6, 6.07) is 30.6. The molecule has 0 amide bonds. The van der Waals surface area contributed by atoms with Crippen molar-refractivity contribution < 1.29 is 0 Å². The van der Waals surface area contributed by atoms with Gasteiger partial charge >= 0.3 is 0 Å². The number of hydrogen-bond donors (Lipinski definition) is 0. The number of rotatable bonds is 3. The smallest absolute Gasteiger partial charge is 0.0540 e. The third-order valence-electron chi connectivity index (χ3n) is 5.65. The van der Waals surface area contributed by atoms with Crippen LogP contribution in [0.2, 0.25) is 0 Å². The van der Waals surface area contributed by atoms with Crippen LogP contribution in [0.3, 0.4) is 0 Å². The quantitative estimate of drug-likeness (QED) is 0.363. The zero-order valence-electron chi connectivity index (χ0n) is 16.1. The molecule has 0 bridgehead atoms. The maximum atomic E-state index is 2.45. The molecule has 0 saturated carbocycles. The van der Waals surface area contributed by atoms with Gasteiger partial charge in [-0.3, -0.25) is 0 Å². The van der Waals surface area contributed by atoms with E-state index >= 15 is 0 Å². The number of hydrogen-bond acceptors (Lipinski definition) is 1. The molecule has 1 aliphatic carbocycles. The van der Waals surface area contributed by atoms with Crippen LogP contribution < -0.4 is 4.90 Å². The Morgan fingerprint density at radius 1 is 0.679 bits per heavy atom. The fourth-order valence-corrected chi connectivity index (χ4v) is 4.27. The van der Waals surface area contributed by atoms with Crippen LogP contribution in [-0.4, -0.2) is 0 Å². The molecule has 0 fully saturated rings.